The monoisotopic (exact) mass is 245 g/mol. The minimum absolute atomic E-state index is 0.354. The molecule has 1 aromatic heterocycles. The summed E-state index contributed by atoms with van der Waals surface area (Å²) >= 11 is 0. The Labute approximate surface area is 108 Å². The van der Waals surface area contributed by atoms with Crippen LogP contribution in [-0.2, 0) is 4.74 Å². The van der Waals surface area contributed by atoms with Crippen LogP contribution in [0.25, 0.3) is 0 Å². The lowest BCUT2D eigenvalue weighted by molar-refractivity contribution is 0.0600. The van der Waals surface area contributed by atoms with E-state index >= 15 is 0 Å². The van der Waals surface area contributed by atoms with Crippen LogP contribution in [0.15, 0.2) is 60.9 Å². The minimum atomic E-state index is -0.354. The predicted molar refractivity (Wildman–Crippen MR) is 73.4 cm³/mol. The van der Waals surface area contributed by atoms with Gasteiger partial charge in [0.05, 0.1) is 12.7 Å². The summed E-state index contributed by atoms with van der Waals surface area (Å²) in [5, 5.41) is 0. The Morgan fingerprint density at radius 3 is 1.83 bits per heavy atom. The maximum Gasteiger partial charge on any atom is 0.339 e. The molecule has 2 rings (SSSR count). The number of aromatic nitrogens is 1. The zero-order valence-electron chi connectivity index (χ0n) is 11.0. The molecule has 0 bridgehead atoms. The summed E-state index contributed by atoms with van der Waals surface area (Å²) in [6.07, 6.45) is 3.07. The minimum Gasteiger partial charge on any atom is -0.465 e. The second kappa shape index (κ2) is 11.3. The van der Waals surface area contributed by atoms with Crippen molar-refractivity contribution >= 4 is 5.97 Å². The fourth-order valence-corrected chi connectivity index (χ4v) is 0.986. The van der Waals surface area contributed by atoms with E-state index in [0.29, 0.717) is 5.56 Å². The van der Waals surface area contributed by atoms with E-state index in [1.807, 2.05) is 50.2 Å². The van der Waals surface area contributed by atoms with Gasteiger partial charge < -0.3 is 4.74 Å². The molecule has 0 aliphatic rings. The van der Waals surface area contributed by atoms with Gasteiger partial charge in [0.25, 0.3) is 0 Å². The molecule has 0 atom stereocenters. The molecule has 2 aromatic rings. The van der Waals surface area contributed by atoms with E-state index in [2.05, 4.69) is 9.72 Å². The molecule has 0 fully saturated rings. The first-order chi connectivity index (χ1) is 8.84. The van der Waals surface area contributed by atoms with E-state index in [9.17, 15) is 4.79 Å². The first-order valence-electron chi connectivity index (χ1n) is 5.83. The van der Waals surface area contributed by atoms with Crippen LogP contribution in [0.3, 0.4) is 0 Å². The molecule has 1 heterocycles. The largest absolute Gasteiger partial charge is 0.465 e. The van der Waals surface area contributed by atoms with Gasteiger partial charge in [-0.1, -0.05) is 50.2 Å². The molecule has 3 heteroatoms. The first kappa shape index (κ1) is 15.8. The quantitative estimate of drug-likeness (QED) is 0.721. The maximum atomic E-state index is 10.8. The number of carbonyl (C=O) groups excluding carboxylic acids is 1. The number of benzene rings is 1. The number of methoxy groups -OCH3 is 1. The van der Waals surface area contributed by atoms with Gasteiger partial charge >= 0.3 is 5.97 Å². The van der Waals surface area contributed by atoms with Gasteiger partial charge in [-0.25, -0.2) is 4.79 Å². The van der Waals surface area contributed by atoms with Crippen LogP contribution in [0.1, 0.15) is 24.2 Å². The smallest absolute Gasteiger partial charge is 0.339 e. The SMILES string of the molecule is CC.COC(=O)c1cccnc1.c1ccccc1. The van der Waals surface area contributed by atoms with Crippen molar-refractivity contribution in [2.45, 2.75) is 13.8 Å². The second-order valence-electron chi connectivity index (χ2n) is 2.89. The topological polar surface area (TPSA) is 39.2 Å². The molecule has 1 aromatic carbocycles. The lowest BCUT2D eigenvalue weighted by Gasteiger charge is -1.94. The molecule has 0 aliphatic carbocycles. The first-order valence-corrected chi connectivity index (χ1v) is 5.83. The molecule has 0 unspecified atom stereocenters. The van der Waals surface area contributed by atoms with Crippen molar-refractivity contribution in [1.82, 2.24) is 4.98 Å². The van der Waals surface area contributed by atoms with Gasteiger partial charge in [-0.15, -0.1) is 0 Å². The van der Waals surface area contributed by atoms with E-state index in [1.165, 1.54) is 13.3 Å². The van der Waals surface area contributed by atoms with Gasteiger partial charge in [-0.2, -0.15) is 0 Å². The van der Waals surface area contributed by atoms with Gasteiger partial charge in [0.1, 0.15) is 0 Å². The summed E-state index contributed by atoms with van der Waals surface area (Å²) < 4.78 is 4.46. The Morgan fingerprint density at radius 1 is 1.00 bits per heavy atom. The highest BCUT2D eigenvalue weighted by atomic mass is 16.5. The van der Waals surface area contributed by atoms with Gasteiger partial charge in [0, 0.05) is 12.4 Å². The van der Waals surface area contributed by atoms with E-state index in [1.54, 1.807) is 18.3 Å². The molecule has 0 radical (unpaired) electrons. The molecule has 96 valence electrons. The van der Waals surface area contributed by atoms with E-state index in [4.69, 9.17) is 0 Å². The molecule has 0 N–H and O–H groups in total. The third-order valence-corrected chi connectivity index (χ3v) is 1.75. The highest BCUT2D eigenvalue weighted by Crippen LogP contribution is 1.96. The summed E-state index contributed by atoms with van der Waals surface area (Å²) in [4.78, 5) is 14.5. The number of esters is 1. The van der Waals surface area contributed by atoms with Crippen LogP contribution in [0.2, 0.25) is 0 Å². The molecular formula is C15H19NO2. The normalized spacial score (nSPS) is 7.94. The number of carbonyl (C=O) groups is 1. The third kappa shape index (κ3) is 7.17. The molecule has 0 amide bonds. The van der Waals surface area contributed by atoms with Crippen molar-refractivity contribution in [3.63, 3.8) is 0 Å². The van der Waals surface area contributed by atoms with Gasteiger partial charge in [-0.05, 0) is 12.1 Å². The van der Waals surface area contributed by atoms with E-state index < -0.39 is 0 Å². The number of hydrogen-bond acceptors (Lipinski definition) is 3. The van der Waals surface area contributed by atoms with Crippen molar-refractivity contribution in [2.75, 3.05) is 7.11 Å². The Bertz CT molecular complexity index is 375. The Morgan fingerprint density at radius 2 is 1.50 bits per heavy atom. The highest BCUT2D eigenvalue weighted by molar-refractivity contribution is 5.88. The van der Waals surface area contributed by atoms with Gasteiger partial charge in [0.15, 0.2) is 0 Å². The van der Waals surface area contributed by atoms with Crippen LogP contribution in [0.5, 0.6) is 0 Å². The summed E-state index contributed by atoms with van der Waals surface area (Å²) in [6, 6.07) is 15.3. The van der Waals surface area contributed by atoms with Crippen LogP contribution in [-0.4, -0.2) is 18.1 Å². The second-order valence-corrected chi connectivity index (χ2v) is 2.89. The Kier molecular flexibility index (Phi) is 9.97. The summed E-state index contributed by atoms with van der Waals surface area (Å²) in [7, 11) is 1.34. The molecule has 0 aliphatic heterocycles. The number of hydrogen-bond donors (Lipinski definition) is 0. The summed E-state index contributed by atoms with van der Waals surface area (Å²) in [6.45, 7) is 4.00. The molecule has 18 heavy (non-hydrogen) atoms. The van der Waals surface area contributed by atoms with Crippen molar-refractivity contribution in [3.8, 4) is 0 Å². The number of rotatable bonds is 1. The maximum absolute atomic E-state index is 10.8. The van der Waals surface area contributed by atoms with Gasteiger partial charge in [0.2, 0.25) is 0 Å². The average Bonchev–Trinajstić information content (AvgIpc) is 2.52. The zero-order valence-corrected chi connectivity index (χ0v) is 11.0. The van der Waals surface area contributed by atoms with Crippen LogP contribution in [0.4, 0.5) is 0 Å². The van der Waals surface area contributed by atoms with E-state index in [-0.39, 0.29) is 5.97 Å². The number of nitrogens with zero attached hydrogens (tertiary/aromatic N) is 1. The summed E-state index contributed by atoms with van der Waals surface area (Å²) in [5.41, 5.74) is 0.477. The van der Waals surface area contributed by atoms with Crippen LogP contribution < -0.4 is 0 Å². The third-order valence-electron chi connectivity index (χ3n) is 1.75. The molecule has 0 saturated heterocycles. The van der Waals surface area contributed by atoms with Crippen LogP contribution in [0, 0.1) is 0 Å². The highest BCUT2D eigenvalue weighted by Gasteiger charge is 2.01. The number of ether oxygens (including phenoxy) is 1. The standard InChI is InChI=1S/C7H7NO2.C6H6.C2H6/c1-10-7(9)6-3-2-4-8-5-6;1-2-4-6-5-3-1;1-2/h2-5H,1H3;1-6H;1-2H3. The molecular weight excluding hydrogens is 226 g/mol. The lowest BCUT2D eigenvalue weighted by Crippen LogP contribution is -2.00. The average molecular weight is 245 g/mol. The zero-order chi connectivity index (χ0) is 13.6. The van der Waals surface area contributed by atoms with Gasteiger partial charge in [-0.3, -0.25) is 4.98 Å². The van der Waals surface area contributed by atoms with Crippen LogP contribution >= 0.6 is 0 Å². The Balaban J connectivity index is 0.000000308. The molecule has 3 nitrogen and oxygen atoms in total. The van der Waals surface area contributed by atoms with E-state index in [0.717, 1.165) is 0 Å². The predicted octanol–water partition coefficient (Wildman–Crippen LogP) is 3.58. The summed E-state index contributed by atoms with van der Waals surface area (Å²) in [5.74, 6) is -0.354. The Hall–Kier alpha value is -2.16. The fraction of sp³-hybridized carbons (Fsp3) is 0.200. The molecule has 0 saturated carbocycles. The number of pyridine rings is 1. The lowest BCUT2D eigenvalue weighted by atomic mass is 10.3. The fourth-order valence-electron chi connectivity index (χ4n) is 0.986. The van der Waals surface area contributed by atoms with Crippen molar-refractivity contribution in [3.05, 3.63) is 66.5 Å². The van der Waals surface area contributed by atoms with Crippen molar-refractivity contribution in [1.29, 1.82) is 0 Å². The van der Waals surface area contributed by atoms with Crippen molar-refractivity contribution < 1.29 is 9.53 Å². The molecule has 0 spiro atoms. The van der Waals surface area contributed by atoms with Crippen molar-refractivity contribution in [2.24, 2.45) is 0 Å².